The molecule has 0 bridgehead atoms. The van der Waals surface area contributed by atoms with Crippen LogP contribution < -0.4 is 9.64 Å². The molecule has 3 aromatic rings. The highest BCUT2D eigenvalue weighted by molar-refractivity contribution is 9.10. The summed E-state index contributed by atoms with van der Waals surface area (Å²) < 4.78 is 7.25. The Hall–Kier alpha value is -1.96. The first kappa shape index (κ1) is 19.8. The molecule has 27 heavy (non-hydrogen) atoms. The third kappa shape index (κ3) is 4.86. The van der Waals surface area contributed by atoms with Gasteiger partial charge in [-0.3, -0.25) is 9.69 Å². The number of fused-ring (bicyclic) bond motifs is 1. The van der Waals surface area contributed by atoms with Crippen molar-refractivity contribution in [1.82, 2.24) is 9.88 Å². The molecule has 0 aliphatic rings. The van der Waals surface area contributed by atoms with E-state index in [1.807, 2.05) is 56.6 Å². The lowest BCUT2D eigenvalue weighted by molar-refractivity contribution is 0.0986. The van der Waals surface area contributed by atoms with E-state index < -0.39 is 0 Å². The van der Waals surface area contributed by atoms with E-state index in [2.05, 4.69) is 20.8 Å². The average molecular weight is 448 g/mol. The zero-order valence-electron chi connectivity index (χ0n) is 15.6. The number of rotatable bonds is 7. The lowest BCUT2D eigenvalue weighted by Crippen LogP contribution is -2.33. The Kier molecular flexibility index (Phi) is 6.46. The molecule has 5 nitrogen and oxygen atoms in total. The van der Waals surface area contributed by atoms with E-state index in [9.17, 15) is 4.79 Å². The van der Waals surface area contributed by atoms with Gasteiger partial charge in [0.1, 0.15) is 5.75 Å². The number of amides is 1. The Labute approximate surface area is 171 Å². The molecule has 3 rings (SSSR count). The second-order valence-corrected chi connectivity index (χ2v) is 8.38. The molecule has 2 aromatic carbocycles. The molecule has 0 saturated carbocycles. The summed E-state index contributed by atoms with van der Waals surface area (Å²) in [7, 11) is 5.71. The fraction of sp³-hybridized carbons (Fsp3) is 0.300. The number of ether oxygens (including phenoxy) is 1. The van der Waals surface area contributed by atoms with Gasteiger partial charge < -0.3 is 9.64 Å². The van der Waals surface area contributed by atoms with Gasteiger partial charge in [-0.1, -0.05) is 27.3 Å². The van der Waals surface area contributed by atoms with E-state index in [-0.39, 0.29) is 5.91 Å². The highest BCUT2D eigenvalue weighted by Gasteiger charge is 2.21. The number of carbonyl (C=O) groups excluding carboxylic acids is 1. The van der Waals surface area contributed by atoms with Crippen LogP contribution in [0.1, 0.15) is 16.8 Å². The van der Waals surface area contributed by atoms with Gasteiger partial charge in [-0.2, -0.15) is 0 Å². The van der Waals surface area contributed by atoms with Crippen LogP contribution in [0.15, 0.2) is 46.9 Å². The number of anilines is 1. The average Bonchev–Trinajstić information content (AvgIpc) is 3.07. The molecular formula is C20H22BrN3O2S. The standard InChI is InChI=1S/C20H22BrN3O2S/c1-23(2)11-4-12-24(19(25)14-5-7-15(21)8-6-14)20-22-17-10-9-16(26-3)13-18(17)27-20/h5-10,13H,4,11-12H2,1-3H3. The summed E-state index contributed by atoms with van der Waals surface area (Å²) in [4.78, 5) is 21.8. The quantitative estimate of drug-likeness (QED) is 0.527. The lowest BCUT2D eigenvalue weighted by Gasteiger charge is -2.21. The Morgan fingerprint density at radius 1 is 1.15 bits per heavy atom. The molecule has 0 aliphatic heterocycles. The van der Waals surface area contributed by atoms with Crippen molar-refractivity contribution in [3.05, 3.63) is 52.5 Å². The van der Waals surface area contributed by atoms with E-state index >= 15 is 0 Å². The van der Waals surface area contributed by atoms with Crippen molar-refractivity contribution < 1.29 is 9.53 Å². The maximum Gasteiger partial charge on any atom is 0.260 e. The van der Waals surface area contributed by atoms with Gasteiger partial charge in [-0.15, -0.1) is 0 Å². The van der Waals surface area contributed by atoms with Crippen LogP contribution in [0.5, 0.6) is 5.75 Å². The van der Waals surface area contributed by atoms with Crippen molar-refractivity contribution in [2.75, 3.05) is 39.2 Å². The molecular weight excluding hydrogens is 426 g/mol. The van der Waals surface area contributed by atoms with Gasteiger partial charge in [0.15, 0.2) is 5.13 Å². The maximum atomic E-state index is 13.2. The highest BCUT2D eigenvalue weighted by atomic mass is 79.9. The largest absolute Gasteiger partial charge is 0.497 e. The third-order valence-corrected chi connectivity index (χ3v) is 5.71. The van der Waals surface area contributed by atoms with Crippen molar-refractivity contribution in [3.63, 3.8) is 0 Å². The van der Waals surface area contributed by atoms with Crippen LogP contribution in [0.2, 0.25) is 0 Å². The number of hydrogen-bond acceptors (Lipinski definition) is 5. The van der Waals surface area contributed by atoms with Crippen molar-refractivity contribution in [3.8, 4) is 5.75 Å². The van der Waals surface area contributed by atoms with Crippen LogP contribution in [-0.4, -0.2) is 50.1 Å². The van der Waals surface area contributed by atoms with Crippen LogP contribution in [0.25, 0.3) is 10.2 Å². The summed E-state index contributed by atoms with van der Waals surface area (Å²) in [5, 5.41) is 0.713. The highest BCUT2D eigenvalue weighted by Crippen LogP contribution is 2.32. The van der Waals surface area contributed by atoms with Crippen LogP contribution >= 0.6 is 27.3 Å². The monoisotopic (exact) mass is 447 g/mol. The number of benzene rings is 2. The number of carbonyl (C=O) groups is 1. The Morgan fingerprint density at radius 3 is 2.56 bits per heavy atom. The molecule has 0 atom stereocenters. The van der Waals surface area contributed by atoms with Crippen LogP contribution in [0.3, 0.4) is 0 Å². The predicted molar refractivity (Wildman–Crippen MR) is 115 cm³/mol. The Bertz CT molecular complexity index is 925. The Balaban J connectivity index is 1.93. The zero-order chi connectivity index (χ0) is 19.4. The molecule has 1 aromatic heterocycles. The maximum absolute atomic E-state index is 13.2. The van der Waals surface area contributed by atoms with E-state index in [0.29, 0.717) is 17.2 Å². The Morgan fingerprint density at radius 2 is 1.89 bits per heavy atom. The van der Waals surface area contributed by atoms with Crippen molar-refractivity contribution >= 4 is 48.5 Å². The number of aromatic nitrogens is 1. The molecule has 0 saturated heterocycles. The van der Waals surface area contributed by atoms with Gasteiger partial charge in [0.25, 0.3) is 5.91 Å². The summed E-state index contributed by atoms with van der Waals surface area (Å²) in [5.74, 6) is 0.753. The number of hydrogen-bond donors (Lipinski definition) is 0. The van der Waals surface area contributed by atoms with E-state index in [1.54, 1.807) is 12.0 Å². The van der Waals surface area contributed by atoms with Gasteiger partial charge in [0, 0.05) is 16.6 Å². The summed E-state index contributed by atoms with van der Waals surface area (Å²) in [5.41, 5.74) is 1.52. The zero-order valence-corrected chi connectivity index (χ0v) is 18.0. The second kappa shape index (κ2) is 8.82. The molecule has 0 radical (unpaired) electrons. The van der Waals surface area contributed by atoms with Gasteiger partial charge in [0.2, 0.25) is 0 Å². The summed E-state index contributed by atoms with van der Waals surface area (Å²) in [6.07, 6.45) is 0.870. The van der Waals surface area contributed by atoms with E-state index in [1.165, 1.54) is 11.3 Å². The fourth-order valence-electron chi connectivity index (χ4n) is 2.71. The lowest BCUT2D eigenvalue weighted by atomic mass is 10.2. The first-order chi connectivity index (χ1) is 13.0. The van der Waals surface area contributed by atoms with Crippen LogP contribution in [0.4, 0.5) is 5.13 Å². The van der Waals surface area contributed by atoms with Gasteiger partial charge in [-0.25, -0.2) is 4.98 Å². The molecule has 0 fully saturated rings. The van der Waals surface area contributed by atoms with Gasteiger partial charge >= 0.3 is 0 Å². The first-order valence-corrected chi connectivity index (χ1v) is 10.3. The van der Waals surface area contributed by atoms with Gasteiger partial charge in [0.05, 0.1) is 17.3 Å². The molecule has 0 N–H and O–H groups in total. The summed E-state index contributed by atoms with van der Waals surface area (Å²) in [6.45, 7) is 1.52. The minimum atomic E-state index is -0.0349. The third-order valence-electron chi connectivity index (χ3n) is 4.14. The smallest absolute Gasteiger partial charge is 0.260 e. The van der Waals surface area contributed by atoms with E-state index in [0.717, 1.165) is 33.4 Å². The van der Waals surface area contributed by atoms with Crippen LogP contribution in [-0.2, 0) is 0 Å². The molecule has 1 heterocycles. The van der Waals surface area contributed by atoms with Gasteiger partial charge in [-0.05, 0) is 69.5 Å². The minimum Gasteiger partial charge on any atom is -0.497 e. The summed E-state index contributed by atoms with van der Waals surface area (Å²) >= 11 is 4.93. The predicted octanol–water partition coefficient (Wildman–Crippen LogP) is 4.67. The molecule has 0 spiro atoms. The fourth-order valence-corrected chi connectivity index (χ4v) is 4.00. The van der Waals surface area contributed by atoms with Crippen molar-refractivity contribution in [1.29, 1.82) is 0 Å². The molecule has 142 valence electrons. The molecule has 7 heteroatoms. The number of thiazole rings is 1. The first-order valence-electron chi connectivity index (χ1n) is 8.64. The molecule has 0 aliphatic carbocycles. The second-order valence-electron chi connectivity index (χ2n) is 6.45. The normalized spacial score (nSPS) is 11.1. The molecule has 1 amide bonds. The van der Waals surface area contributed by atoms with Crippen LogP contribution in [0, 0.1) is 0 Å². The molecule has 0 unspecified atom stereocenters. The van der Waals surface area contributed by atoms with E-state index in [4.69, 9.17) is 9.72 Å². The van der Waals surface area contributed by atoms with Crippen molar-refractivity contribution in [2.45, 2.75) is 6.42 Å². The number of halogens is 1. The number of nitrogens with zero attached hydrogens (tertiary/aromatic N) is 3. The number of methoxy groups -OCH3 is 1. The summed E-state index contributed by atoms with van der Waals surface area (Å²) in [6, 6.07) is 13.2. The SMILES string of the molecule is COc1ccc2nc(N(CCCN(C)C)C(=O)c3ccc(Br)cc3)sc2c1. The van der Waals surface area contributed by atoms with Crippen molar-refractivity contribution in [2.24, 2.45) is 0 Å². The topological polar surface area (TPSA) is 45.7 Å². The minimum absolute atomic E-state index is 0.0349.